The number of rotatable bonds is 2. The minimum Gasteiger partial charge on any atom is -0.336 e. The molecular formula is C14H20N6O. The van der Waals surface area contributed by atoms with Gasteiger partial charge in [-0.25, -0.2) is 4.98 Å². The largest absolute Gasteiger partial charge is 0.336 e. The van der Waals surface area contributed by atoms with Crippen LogP contribution in [-0.4, -0.2) is 49.8 Å². The van der Waals surface area contributed by atoms with Crippen LogP contribution in [-0.2, 0) is 14.1 Å². The molecule has 1 fully saturated rings. The summed E-state index contributed by atoms with van der Waals surface area (Å²) in [6.45, 7) is 4.10. The maximum atomic E-state index is 12.8. The fourth-order valence-corrected chi connectivity index (χ4v) is 2.69. The number of nitrogens with zero attached hydrogens (tertiary/aromatic N) is 5. The lowest BCUT2D eigenvalue weighted by Gasteiger charge is -2.35. The minimum atomic E-state index is -0.0615. The molecule has 3 rings (SSSR count). The van der Waals surface area contributed by atoms with Crippen molar-refractivity contribution in [2.75, 3.05) is 19.6 Å². The Morgan fingerprint density at radius 3 is 2.86 bits per heavy atom. The fraction of sp³-hybridized carbons (Fsp3) is 0.500. The Labute approximate surface area is 123 Å². The van der Waals surface area contributed by atoms with Gasteiger partial charge < -0.3 is 14.8 Å². The van der Waals surface area contributed by atoms with Crippen LogP contribution >= 0.6 is 0 Å². The number of imidazole rings is 1. The van der Waals surface area contributed by atoms with Crippen molar-refractivity contribution in [3.63, 3.8) is 0 Å². The van der Waals surface area contributed by atoms with Crippen molar-refractivity contribution in [1.82, 2.24) is 29.5 Å². The normalized spacial score (nSPS) is 19.0. The molecular weight excluding hydrogens is 268 g/mol. The third-order valence-electron chi connectivity index (χ3n) is 3.99. The zero-order valence-electron chi connectivity index (χ0n) is 12.6. The molecule has 21 heavy (non-hydrogen) atoms. The van der Waals surface area contributed by atoms with E-state index in [0.29, 0.717) is 18.8 Å². The number of carbonyl (C=O) groups excluding carboxylic acids is 1. The number of amides is 1. The highest BCUT2D eigenvalue weighted by Crippen LogP contribution is 2.22. The third kappa shape index (κ3) is 2.44. The predicted octanol–water partition coefficient (Wildman–Crippen LogP) is 0.249. The average molecular weight is 288 g/mol. The number of hydrogen-bond donors (Lipinski definition) is 1. The van der Waals surface area contributed by atoms with Crippen LogP contribution in [0.1, 0.15) is 28.0 Å². The summed E-state index contributed by atoms with van der Waals surface area (Å²) in [7, 11) is 3.80. The van der Waals surface area contributed by atoms with Gasteiger partial charge in [0.2, 0.25) is 0 Å². The molecule has 1 aliphatic heterocycles. The first-order chi connectivity index (χ1) is 10.1. The number of nitrogens with one attached hydrogen (secondary N) is 1. The van der Waals surface area contributed by atoms with Crippen LogP contribution < -0.4 is 5.32 Å². The summed E-state index contributed by atoms with van der Waals surface area (Å²) in [4.78, 5) is 19.0. The van der Waals surface area contributed by atoms with Crippen molar-refractivity contribution in [2.24, 2.45) is 14.1 Å². The first-order valence-corrected chi connectivity index (χ1v) is 7.07. The first kappa shape index (κ1) is 13.8. The van der Waals surface area contributed by atoms with Gasteiger partial charge in [0, 0.05) is 51.8 Å². The molecule has 1 saturated heterocycles. The standard InChI is InChI=1S/C14H20N6O/c1-10-8-11(17-19(10)3)14(21)20-7-4-15-9-12(20)13-16-5-6-18(13)2/h5-6,8,12,15H,4,7,9H2,1-3H3. The van der Waals surface area contributed by atoms with E-state index in [9.17, 15) is 4.79 Å². The van der Waals surface area contributed by atoms with Gasteiger partial charge in [-0.3, -0.25) is 9.48 Å². The lowest BCUT2D eigenvalue weighted by Crippen LogP contribution is -2.49. The van der Waals surface area contributed by atoms with Crippen LogP contribution in [0.4, 0.5) is 0 Å². The monoisotopic (exact) mass is 288 g/mol. The van der Waals surface area contributed by atoms with Gasteiger partial charge in [-0.15, -0.1) is 0 Å². The van der Waals surface area contributed by atoms with Gasteiger partial charge in [-0.05, 0) is 13.0 Å². The topological polar surface area (TPSA) is 68.0 Å². The van der Waals surface area contributed by atoms with Crippen LogP contribution in [0.2, 0.25) is 0 Å². The molecule has 0 radical (unpaired) electrons. The van der Waals surface area contributed by atoms with Crippen LogP contribution in [0.15, 0.2) is 18.5 Å². The van der Waals surface area contributed by atoms with E-state index in [2.05, 4.69) is 15.4 Å². The molecule has 1 atom stereocenters. The van der Waals surface area contributed by atoms with Gasteiger partial charge in [0.25, 0.3) is 5.91 Å². The lowest BCUT2D eigenvalue weighted by atomic mass is 10.1. The summed E-state index contributed by atoms with van der Waals surface area (Å²) in [6.07, 6.45) is 3.66. The van der Waals surface area contributed by atoms with E-state index >= 15 is 0 Å². The Bertz CT molecular complexity index is 639. The summed E-state index contributed by atoms with van der Waals surface area (Å²) in [5.74, 6) is 0.858. The molecule has 1 amide bonds. The molecule has 0 aliphatic carbocycles. The van der Waals surface area contributed by atoms with Gasteiger partial charge in [-0.2, -0.15) is 5.10 Å². The van der Waals surface area contributed by atoms with Crippen LogP contribution in [0.3, 0.4) is 0 Å². The zero-order valence-corrected chi connectivity index (χ0v) is 12.6. The number of carbonyl (C=O) groups is 1. The van der Waals surface area contributed by atoms with E-state index in [1.54, 1.807) is 10.9 Å². The minimum absolute atomic E-state index is 0.0341. The van der Waals surface area contributed by atoms with Crippen LogP contribution in [0.25, 0.3) is 0 Å². The van der Waals surface area contributed by atoms with E-state index in [0.717, 1.165) is 18.1 Å². The highest BCUT2D eigenvalue weighted by Gasteiger charge is 2.32. The first-order valence-electron chi connectivity index (χ1n) is 7.07. The molecule has 1 aliphatic rings. The number of piperazine rings is 1. The Morgan fingerprint density at radius 1 is 1.43 bits per heavy atom. The molecule has 0 bridgehead atoms. The maximum absolute atomic E-state index is 12.8. The number of aryl methyl sites for hydroxylation is 3. The molecule has 2 aromatic rings. The van der Waals surface area contributed by atoms with E-state index in [1.807, 2.05) is 42.7 Å². The molecule has 7 heteroatoms. The highest BCUT2D eigenvalue weighted by molar-refractivity contribution is 5.92. The summed E-state index contributed by atoms with van der Waals surface area (Å²) in [5, 5.41) is 7.63. The zero-order chi connectivity index (χ0) is 15.0. The molecule has 0 aromatic carbocycles. The molecule has 0 saturated carbocycles. The van der Waals surface area contributed by atoms with Gasteiger partial charge >= 0.3 is 0 Å². The predicted molar refractivity (Wildman–Crippen MR) is 77.8 cm³/mol. The second kappa shape index (κ2) is 5.33. The van der Waals surface area contributed by atoms with Gasteiger partial charge in [-0.1, -0.05) is 0 Å². The van der Waals surface area contributed by atoms with E-state index in [1.165, 1.54) is 0 Å². The fourth-order valence-electron chi connectivity index (χ4n) is 2.69. The molecule has 0 spiro atoms. The van der Waals surface area contributed by atoms with E-state index in [-0.39, 0.29) is 11.9 Å². The maximum Gasteiger partial charge on any atom is 0.275 e. The SMILES string of the molecule is Cc1cc(C(=O)N2CCNCC2c2nccn2C)nn1C. The summed E-state index contributed by atoms with van der Waals surface area (Å²) in [6, 6.07) is 1.77. The highest BCUT2D eigenvalue weighted by atomic mass is 16.2. The second-order valence-electron chi connectivity index (χ2n) is 5.41. The molecule has 112 valence electrons. The molecule has 7 nitrogen and oxygen atoms in total. The van der Waals surface area contributed by atoms with Gasteiger partial charge in [0.15, 0.2) is 5.69 Å². The number of hydrogen-bond acceptors (Lipinski definition) is 4. The lowest BCUT2D eigenvalue weighted by molar-refractivity contribution is 0.0614. The summed E-state index contributed by atoms with van der Waals surface area (Å²) in [5.41, 5.74) is 1.47. The van der Waals surface area contributed by atoms with E-state index < -0.39 is 0 Å². The van der Waals surface area contributed by atoms with Gasteiger partial charge in [0.05, 0.1) is 0 Å². The van der Waals surface area contributed by atoms with Gasteiger partial charge in [0.1, 0.15) is 11.9 Å². The Morgan fingerprint density at radius 2 is 2.24 bits per heavy atom. The van der Waals surface area contributed by atoms with E-state index in [4.69, 9.17) is 0 Å². The summed E-state index contributed by atoms with van der Waals surface area (Å²) < 4.78 is 3.69. The third-order valence-corrected chi connectivity index (χ3v) is 3.99. The Hall–Kier alpha value is -2.15. The van der Waals surface area contributed by atoms with Crippen molar-refractivity contribution >= 4 is 5.91 Å². The number of aromatic nitrogens is 4. The van der Waals surface area contributed by atoms with Crippen molar-refractivity contribution in [3.8, 4) is 0 Å². The Balaban J connectivity index is 1.91. The van der Waals surface area contributed by atoms with Crippen molar-refractivity contribution in [2.45, 2.75) is 13.0 Å². The van der Waals surface area contributed by atoms with Crippen molar-refractivity contribution in [1.29, 1.82) is 0 Å². The second-order valence-corrected chi connectivity index (χ2v) is 5.41. The Kier molecular flexibility index (Phi) is 3.50. The molecule has 1 N–H and O–H groups in total. The summed E-state index contributed by atoms with van der Waals surface area (Å²) >= 11 is 0. The quantitative estimate of drug-likeness (QED) is 0.860. The van der Waals surface area contributed by atoms with Crippen LogP contribution in [0, 0.1) is 6.92 Å². The molecule has 1 unspecified atom stereocenters. The van der Waals surface area contributed by atoms with Crippen molar-refractivity contribution < 1.29 is 4.79 Å². The molecule has 2 aromatic heterocycles. The average Bonchev–Trinajstić information content (AvgIpc) is 3.05. The van der Waals surface area contributed by atoms with Crippen LogP contribution in [0.5, 0.6) is 0 Å². The smallest absolute Gasteiger partial charge is 0.275 e. The van der Waals surface area contributed by atoms with Crippen molar-refractivity contribution in [3.05, 3.63) is 35.7 Å². The molecule has 3 heterocycles.